The lowest BCUT2D eigenvalue weighted by atomic mass is 10.2. The van der Waals surface area contributed by atoms with Crippen molar-refractivity contribution in [1.82, 2.24) is 9.88 Å². The van der Waals surface area contributed by atoms with Crippen molar-refractivity contribution < 1.29 is 4.79 Å². The Morgan fingerprint density at radius 1 is 1.68 bits per heavy atom. The van der Waals surface area contributed by atoms with E-state index in [0.717, 1.165) is 12.2 Å². The maximum absolute atomic E-state index is 12.3. The molecular weight excluding hydrogens is 284 g/mol. The highest BCUT2D eigenvalue weighted by molar-refractivity contribution is 7.98. The number of aromatic nitrogens is 1. The van der Waals surface area contributed by atoms with E-state index in [-0.39, 0.29) is 11.9 Å². The van der Waals surface area contributed by atoms with Gasteiger partial charge in [0.15, 0.2) is 5.82 Å². The second-order valence-corrected chi connectivity index (χ2v) is 5.64. The normalized spacial score (nSPS) is 12.1. The molecule has 1 amide bonds. The van der Waals surface area contributed by atoms with Gasteiger partial charge in [-0.3, -0.25) is 4.79 Å². The van der Waals surface area contributed by atoms with E-state index in [2.05, 4.69) is 16.7 Å². The molecule has 0 saturated carbocycles. The van der Waals surface area contributed by atoms with Gasteiger partial charge >= 0.3 is 0 Å². The highest BCUT2D eigenvalue weighted by atomic mass is 35.5. The van der Waals surface area contributed by atoms with Crippen LogP contribution in [0.15, 0.2) is 12.3 Å². The molecule has 0 radical (unpaired) electrons. The van der Waals surface area contributed by atoms with Crippen LogP contribution in [0.25, 0.3) is 0 Å². The van der Waals surface area contributed by atoms with Crippen molar-refractivity contribution in [3.63, 3.8) is 0 Å². The number of hydrogen-bond donors (Lipinski definition) is 2. The van der Waals surface area contributed by atoms with Crippen LogP contribution in [0.5, 0.6) is 0 Å². The Hall–Kier alpha value is -0.980. The molecule has 1 heterocycles. The molecule has 5 nitrogen and oxygen atoms in total. The van der Waals surface area contributed by atoms with E-state index in [0.29, 0.717) is 16.4 Å². The predicted octanol–water partition coefficient (Wildman–Crippen LogP) is 2.23. The molecule has 1 rings (SSSR count). The van der Waals surface area contributed by atoms with Crippen molar-refractivity contribution >= 4 is 35.1 Å². The number of pyridine rings is 1. The first-order valence-electron chi connectivity index (χ1n) is 5.89. The van der Waals surface area contributed by atoms with Crippen molar-refractivity contribution in [3.8, 4) is 0 Å². The molecule has 0 aliphatic carbocycles. The van der Waals surface area contributed by atoms with Gasteiger partial charge in [-0.2, -0.15) is 11.8 Å². The van der Waals surface area contributed by atoms with Crippen molar-refractivity contribution in [2.45, 2.75) is 19.4 Å². The highest BCUT2D eigenvalue weighted by Crippen LogP contribution is 2.20. The zero-order valence-electron chi connectivity index (χ0n) is 11.3. The monoisotopic (exact) mass is 302 g/mol. The Balaban J connectivity index is 2.79. The predicted molar refractivity (Wildman–Crippen MR) is 81.6 cm³/mol. The van der Waals surface area contributed by atoms with E-state index in [9.17, 15) is 4.79 Å². The van der Waals surface area contributed by atoms with Crippen LogP contribution >= 0.6 is 23.4 Å². The number of amides is 1. The summed E-state index contributed by atoms with van der Waals surface area (Å²) in [5, 5.41) is 0.332. The van der Waals surface area contributed by atoms with E-state index < -0.39 is 0 Å². The molecule has 1 atom stereocenters. The Labute approximate surface area is 122 Å². The minimum atomic E-state index is -0.0911. The summed E-state index contributed by atoms with van der Waals surface area (Å²) in [5.41, 5.74) is 2.83. The fourth-order valence-corrected chi connectivity index (χ4v) is 2.34. The molecule has 106 valence electrons. The second kappa shape index (κ2) is 7.57. The number of hydrazine groups is 1. The second-order valence-electron chi connectivity index (χ2n) is 4.25. The van der Waals surface area contributed by atoms with Crippen LogP contribution < -0.4 is 11.3 Å². The molecular formula is C12H19ClN4OS. The molecule has 3 N–H and O–H groups in total. The van der Waals surface area contributed by atoms with E-state index in [1.54, 1.807) is 29.8 Å². The number of thioether (sulfide) groups is 1. The van der Waals surface area contributed by atoms with Crippen LogP contribution in [-0.2, 0) is 0 Å². The maximum Gasteiger partial charge on any atom is 0.255 e. The molecule has 0 aliphatic heterocycles. The number of nitrogens with one attached hydrogen (secondary N) is 1. The summed E-state index contributed by atoms with van der Waals surface area (Å²) in [6.45, 7) is 2.03. The van der Waals surface area contributed by atoms with Gasteiger partial charge in [-0.05, 0) is 31.4 Å². The number of halogens is 1. The van der Waals surface area contributed by atoms with Crippen LogP contribution in [0, 0.1) is 0 Å². The van der Waals surface area contributed by atoms with Gasteiger partial charge in [0.1, 0.15) is 0 Å². The van der Waals surface area contributed by atoms with Gasteiger partial charge in [0.05, 0.1) is 10.6 Å². The van der Waals surface area contributed by atoms with Crippen LogP contribution in [0.4, 0.5) is 5.82 Å². The topological polar surface area (TPSA) is 71.2 Å². The summed E-state index contributed by atoms with van der Waals surface area (Å²) in [5.74, 6) is 6.53. The first-order chi connectivity index (χ1) is 9.01. The smallest absolute Gasteiger partial charge is 0.255 e. The number of carbonyl (C=O) groups excluding carboxylic acids is 1. The van der Waals surface area contributed by atoms with E-state index in [4.69, 9.17) is 17.4 Å². The number of hydrogen-bond acceptors (Lipinski definition) is 5. The molecule has 7 heteroatoms. The zero-order chi connectivity index (χ0) is 14.4. The van der Waals surface area contributed by atoms with Crippen LogP contribution in [0.2, 0.25) is 5.02 Å². The van der Waals surface area contributed by atoms with Gasteiger partial charge < -0.3 is 10.3 Å². The van der Waals surface area contributed by atoms with Gasteiger partial charge in [0, 0.05) is 19.3 Å². The Morgan fingerprint density at radius 2 is 2.37 bits per heavy atom. The van der Waals surface area contributed by atoms with Crippen LogP contribution in [0.1, 0.15) is 23.7 Å². The number of carbonyl (C=O) groups is 1. The van der Waals surface area contributed by atoms with Gasteiger partial charge in [0.2, 0.25) is 0 Å². The quantitative estimate of drug-likeness (QED) is 0.623. The Morgan fingerprint density at radius 3 is 2.89 bits per heavy atom. The Kier molecular flexibility index (Phi) is 6.41. The minimum Gasteiger partial charge on any atom is -0.339 e. The van der Waals surface area contributed by atoms with Crippen LogP contribution in [-0.4, -0.2) is 40.9 Å². The molecule has 0 bridgehead atoms. The van der Waals surface area contributed by atoms with Crippen molar-refractivity contribution in [1.29, 1.82) is 0 Å². The summed E-state index contributed by atoms with van der Waals surface area (Å²) >= 11 is 7.73. The first kappa shape index (κ1) is 16.1. The lowest BCUT2D eigenvalue weighted by molar-refractivity contribution is 0.0741. The standard InChI is InChI=1S/C12H19ClN4OS/c1-8(4-5-19-3)17(2)12(18)9-6-10(13)11(16-14)15-7-9/h6-8H,4-5,14H2,1-3H3,(H,15,16). The molecule has 1 unspecified atom stereocenters. The number of nitrogen functional groups attached to an aromatic ring is 1. The Bertz CT molecular complexity index is 444. The lowest BCUT2D eigenvalue weighted by Crippen LogP contribution is -2.35. The van der Waals surface area contributed by atoms with Crippen molar-refractivity contribution in [3.05, 3.63) is 22.8 Å². The average Bonchev–Trinajstić information content (AvgIpc) is 2.42. The number of rotatable bonds is 6. The van der Waals surface area contributed by atoms with Gasteiger partial charge in [-0.15, -0.1) is 0 Å². The summed E-state index contributed by atoms with van der Waals surface area (Å²) < 4.78 is 0. The largest absolute Gasteiger partial charge is 0.339 e. The first-order valence-corrected chi connectivity index (χ1v) is 7.66. The molecule has 0 spiro atoms. The third-order valence-corrected chi connectivity index (χ3v) is 3.88. The molecule has 19 heavy (non-hydrogen) atoms. The number of nitrogens with zero attached hydrogens (tertiary/aromatic N) is 2. The van der Waals surface area contributed by atoms with Crippen LogP contribution in [0.3, 0.4) is 0 Å². The van der Waals surface area contributed by atoms with Gasteiger partial charge in [-0.25, -0.2) is 10.8 Å². The maximum atomic E-state index is 12.3. The third-order valence-electron chi connectivity index (χ3n) is 2.95. The lowest BCUT2D eigenvalue weighted by Gasteiger charge is -2.24. The van der Waals surface area contributed by atoms with Gasteiger partial charge in [-0.1, -0.05) is 11.6 Å². The van der Waals surface area contributed by atoms with E-state index >= 15 is 0 Å². The highest BCUT2D eigenvalue weighted by Gasteiger charge is 2.18. The average molecular weight is 303 g/mol. The molecule has 0 saturated heterocycles. The SMILES string of the molecule is CSCCC(C)N(C)C(=O)c1cnc(NN)c(Cl)c1. The van der Waals surface area contributed by atoms with Gasteiger partial charge in [0.25, 0.3) is 5.91 Å². The van der Waals surface area contributed by atoms with E-state index in [1.165, 1.54) is 6.20 Å². The van der Waals surface area contributed by atoms with Crippen molar-refractivity contribution in [2.75, 3.05) is 24.5 Å². The van der Waals surface area contributed by atoms with E-state index in [1.807, 2.05) is 6.92 Å². The number of anilines is 1. The molecule has 1 aromatic rings. The minimum absolute atomic E-state index is 0.0911. The zero-order valence-corrected chi connectivity index (χ0v) is 12.9. The summed E-state index contributed by atoms with van der Waals surface area (Å²) in [4.78, 5) is 18.0. The summed E-state index contributed by atoms with van der Waals surface area (Å²) in [7, 11) is 1.79. The summed E-state index contributed by atoms with van der Waals surface area (Å²) in [6, 6.07) is 1.75. The molecule has 0 aromatic carbocycles. The molecule has 0 aliphatic rings. The fraction of sp³-hybridized carbons (Fsp3) is 0.500. The van der Waals surface area contributed by atoms with Crippen molar-refractivity contribution in [2.24, 2.45) is 5.84 Å². The number of nitrogens with two attached hydrogens (primary N) is 1. The summed E-state index contributed by atoms with van der Waals surface area (Å²) in [6.07, 6.45) is 4.48. The molecule has 0 fully saturated rings. The fourth-order valence-electron chi connectivity index (χ4n) is 1.55. The third kappa shape index (κ3) is 4.26. The molecule has 1 aromatic heterocycles.